The Morgan fingerprint density at radius 3 is 2.09 bits per heavy atom. The van der Waals surface area contributed by atoms with E-state index in [1.807, 2.05) is 20.8 Å². The van der Waals surface area contributed by atoms with Crippen molar-refractivity contribution in [2.24, 2.45) is 0 Å². The van der Waals surface area contributed by atoms with Crippen LogP contribution in [0.4, 0.5) is 5.69 Å². The van der Waals surface area contributed by atoms with Crippen molar-refractivity contribution in [1.29, 1.82) is 0 Å². The summed E-state index contributed by atoms with van der Waals surface area (Å²) in [6.07, 6.45) is -0.328. The van der Waals surface area contributed by atoms with Crippen molar-refractivity contribution in [2.75, 3.05) is 6.61 Å². The van der Waals surface area contributed by atoms with Crippen LogP contribution in [0.1, 0.15) is 61.5 Å². The number of benzene rings is 2. The predicted octanol–water partition coefficient (Wildman–Crippen LogP) is 3.81. The fourth-order valence-corrected chi connectivity index (χ4v) is 3.35. The van der Waals surface area contributed by atoms with Gasteiger partial charge in [0.2, 0.25) is 0 Å². The molecule has 1 amide bonds. The van der Waals surface area contributed by atoms with Gasteiger partial charge in [0.25, 0.3) is 11.6 Å². The first-order valence-corrected chi connectivity index (χ1v) is 10.5. The number of carboxylic acid groups (broad SMARTS) is 1. The monoisotopic (exact) mass is 456 g/mol. The number of non-ortho nitro benzene ring substituents is 1. The molecule has 0 fully saturated rings. The highest BCUT2D eigenvalue weighted by Crippen LogP contribution is 2.27. The predicted molar refractivity (Wildman–Crippen MR) is 121 cm³/mol. The van der Waals surface area contributed by atoms with Gasteiger partial charge in [-0.15, -0.1) is 0 Å². The summed E-state index contributed by atoms with van der Waals surface area (Å²) in [6, 6.07) is 10.6. The maximum Gasteiger partial charge on any atom is 0.326 e. The van der Waals surface area contributed by atoms with Crippen molar-refractivity contribution in [3.8, 4) is 0 Å². The average Bonchev–Trinajstić information content (AvgIpc) is 2.75. The van der Waals surface area contributed by atoms with Crippen molar-refractivity contribution in [3.05, 3.63) is 75.3 Å². The van der Waals surface area contributed by atoms with Gasteiger partial charge < -0.3 is 15.2 Å². The Kier molecular flexibility index (Phi) is 8.28. The second-order valence-corrected chi connectivity index (χ2v) is 8.58. The molecule has 0 bridgehead atoms. The lowest BCUT2D eigenvalue weighted by atomic mass is 9.86. The van der Waals surface area contributed by atoms with E-state index in [-0.39, 0.29) is 29.7 Å². The Bertz CT molecular complexity index is 1010. The van der Waals surface area contributed by atoms with E-state index in [1.165, 1.54) is 24.3 Å². The summed E-state index contributed by atoms with van der Waals surface area (Å²) in [6.45, 7) is 7.83. The lowest BCUT2D eigenvalue weighted by molar-refractivity contribution is -0.384. The zero-order chi connectivity index (χ0) is 24.8. The molecule has 2 rings (SSSR count). The van der Waals surface area contributed by atoms with Gasteiger partial charge in [0.1, 0.15) is 6.04 Å². The molecule has 176 valence electrons. The summed E-state index contributed by atoms with van der Waals surface area (Å²) in [5, 5.41) is 23.3. The standard InChI is InChI=1S/C24H28N2O7/c1-5-33-20(27)14-19(15-8-12-18(13-9-15)26(31)32)21(23(29)30)25-22(28)16-6-10-17(11-7-16)24(2,3)4/h6-13,19,21H,5,14H2,1-4H3,(H,25,28)(H,29,30)/t19-,21+/m0/s1. The molecular weight excluding hydrogens is 428 g/mol. The van der Waals surface area contributed by atoms with Crippen LogP contribution in [0, 0.1) is 10.1 Å². The average molecular weight is 456 g/mol. The second kappa shape index (κ2) is 10.7. The molecule has 0 heterocycles. The van der Waals surface area contributed by atoms with Crippen LogP contribution < -0.4 is 5.32 Å². The van der Waals surface area contributed by atoms with E-state index >= 15 is 0 Å². The molecule has 0 unspecified atom stereocenters. The summed E-state index contributed by atoms with van der Waals surface area (Å²) in [5.74, 6) is -3.60. The van der Waals surface area contributed by atoms with E-state index in [9.17, 15) is 29.6 Å². The number of carbonyl (C=O) groups is 3. The Balaban J connectivity index is 2.35. The Labute approximate surface area is 191 Å². The third-order valence-electron chi connectivity index (χ3n) is 5.19. The third-order valence-corrected chi connectivity index (χ3v) is 5.19. The first kappa shape index (κ1) is 25.5. The van der Waals surface area contributed by atoms with Crippen LogP contribution >= 0.6 is 0 Å². The van der Waals surface area contributed by atoms with Crippen LogP contribution in [0.3, 0.4) is 0 Å². The number of nitro groups is 1. The van der Waals surface area contributed by atoms with Gasteiger partial charge >= 0.3 is 11.9 Å². The lowest BCUT2D eigenvalue weighted by Gasteiger charge is -2.25. The Hall–Kier alpha value is -3.75. The fraction of sp³-hybridized carbons (Fsp3) is 0.375. The number of amides is 1. The quantitative estimate of drug-likeness (QED) is 0.333. The highest BCUT2D eigenvalue weighted by Gasteiger charge is 2.34. The second-order valence-electron chi connectivity index (χ2n) is 8.58. The molecule has 9 heteroatoms. The molecule has 33 heavy (non-hydrogen) atoms. The lowest BCUT2D eigenvalue weighted by Crippen LogP contribution is -2.45. The topological polar surface area (TPSA) is 136 Å². The van der Waals surface area contributed by atoms with E-state index in [4.69, 9.17) is 4.74 Å². The molecule has 0 saturated carbocycles. The van der Waals surface area contributed by atoms with Gasteiger partial charge in [0.05, 0.1) is 18.0 Å². The summed E-state index contributed by atoms with van der Waals surface area (Å²) in [4.78, 5) is 47.5. The maximum atomic E-state index is 12.8. The number of hydrogen-bond donors (Lipinski definition) is 2. The molecule has 0 saturated heterocycles. The molecular formula is C24H28N2O7. The summed E-state index contributed by atoms with van der Waals surface area (Å²) >= 11 is 0. The molecule has 0 aliphatic rings. The van der Waals surface area contributed by atoms with Crippen molar-refractivity contribution >= 4 is 23.5 Å². The molecule has 2 atom stereocenters. The molecule has 0 spiro atoms. The third kappa shape index (κ3) is 6.86. The maximum absolute atomic E-state index is 12.8. The molecule has 9 nitrogen and oxygen atoms in total. The van der Waals surface area contributed by atoms with Crippen molar-refractivity contribution < 1.29 is 29.2 Å². The Morgan fingerprint density at radius 2 is 1.64 bits per heavy atom. The molecule has 0 aromatic heterocycles. The van der Waals surface area contributed by atoms with Crippen molar-refractivity contribution in [2.45, 2.75) is 51.5 Å². The first-order chi connectivity index (χ1) is 15.4. The van der Waals surface area contributed by atoms with Crippen LogP contribution in [0.2, 0.25) is 0 Å². The van der Waals surface area contributed by atoms with E-state index < -0.39 is 34.7 Å². The molecule has 0 aliphatic carbocycles. The van der Waals surface area contributed by atoms with Crippen LogP contribution in [0.25, 0.3) is 0 Å². The number of rotatable bonds is 9. The minimum absolute atomic E-state index is 0.107. The van der Waals surface area contributed by atoms with E-state index in [2.05, 4.69) is 5.32 Å². The van der Waals surface area contributed by atoms with E-state index in [1.54, 1.807) is 31.2 Å². The van der Waals surface area contributed by atoms with Crippen LogP contribution in [-0.2, 0) is 19.7 Å². The van der Waals surface area contributed by atoms with Crippen molar-refractivity contribution in [3.63, 3.8) is 0 Å². The van der Waals surface area contributed by atoms with Gasteiger partial charge in [-0.25, -0.2) is 4.79 Å². The molecule has 2 aromatic carbocycles. The highest BCUT2D eigenvalue weighted by molar-refractivity contribution is 5.97. The van der Waals surface area contributed by atoms with E-state index in [0.717, 1.165) is 5.56 Å². The molecule has 2 aromatic rings. The molecule has 2 N–H and O–H groups in total. The number of nitrogens with one attached hydrogen (secondary N) is 1. The number of esters is 1. The van der Waals surface area contributed by atoms with Gasteiger partial charge in [-0.1, -0.05) is 45.0 Å². The molecule has 0 radical (unpaired) electrons. The smallest absolute Gasteiger partial charge is 0.326 e. The summed E-state index contributed by atoms with van der Waals surface area (Å²) in [5.41, 5.74) is 1.35. The largest absolute Gasteiger partial charge is 0.480 e. The van der Waals surface area contributed by atoms with Gasteiger partial charge in [0, 0.05) is 23.6 Å². The van der Waals surface area contributed by atoms with Crippen LogP contribution in [0.5, 0.6) is 0 Å². The van der Waals surface area contributed by atoms with E-state index in [0.29, 0.717) is 5.56 Å². The number of ether oxygens (including phenoxy) is 1. The van der Waals surface area contributed by atoms with Gasteiger partial charge in [-0.3, -0.25) is 19.7 Å². The number of carboxylic acids is 1. The number of aliphatic carboxylic acids is 1. The number of carbonyl (C=O) groups excluding carboxylic acids is 2. The summed E-state index contributed by atoms with van der Waals surface area (Å²) in [7, 11) is 0. The van der Waals surface area contributed by atoms with Crippen LogP contribution in [-0.4, -0.2) is 40.5 Å². The first-order valence-electron chi connectivity index (χ1n) is 10.5. The zero-order valence-corrected chi connectivity index (χ0v) is 19.0. The molecule has 0 aliphatic heterocycles. The number of hydrogen-bond acceptors (Lipinski definition) is 6. The Morgan fingerprint density at radius 1 is 1.06 bits per heavy atom. The number of nitro benzene ring substituents is 1. The highest BCUT2D eigenvalue weighted by atomic mass is 16.6. The van der Waals surface area contributed by atoms with Gasteiger partial charge in [0.15, 0.2) is 0 Å². The van der Waals surface area contributed by atoms with Gasteiger partial charge in [-0.05, 0) is 35.6 Å². The van der Waals surface area contributed by atoms with Crippen molar-refractivity contribution in [1.82, 2.24) is 5.32 Å². The minimum Gasteiger partial charge on any atom is -0.480 e. The fourth-order valence-electron chi connectivity index (χ4n) is 3.35. The zero-order valence-electron chi connectivity index (χ0n) is 19.0. The number of nitrogens with zero attached hydrogens (tertiary/aromatic N) is 1. The summed E-state index contributed by atoms with van der Waals surface area (Å²) < 4.78 is 4.97. The van der Waals surface area contributed by atoms with Gasteiger partial charge in [-0.2, -0.15) is 0 Å². The van der Waals surface area contributed by atoms with Crippen LogP contribution in [0.15, 0.2) is 48.5 Å². The normalized spacial score (nSPS) is 13.0. The minimum atomic E-state index is -1.47. The SMILES string of the molecule is CCOC(=O)C[C@@H](c1ccc([N+](=O)[O-])cc1)[C@@H](NC(=O)c1ccc(C(C)(C)C)cc1)C(=O)O.